The molecule has 7 nitrogen and oxygen atoms in total. The minimum absolute atomic E-state index is 0.0150. The lowest BCUT2D eigenvalue weighted by Crippen LogP contribution is -2.51. The van der Waals surface area contributed by atoms with E-state index in [9.17, 15) is 31.1 Å². The molecule has 1 fully saturated rings. The number of methoxy groups -OCH3 is 1. The average Bonchev–Trinajstić information content (AvgIpc) is 2.99. The molecular formula is C29H35F6NO6. The van der Waals surface area contributed by atoms with Gasteiger partial charge in [-0.05, 0) is 87.8 Å². The molecule has 0 bridgehead atoms. The molecule has 0 saturated carbocycles. The van der Waals surface area contributed by atoms with Gasteiger partial charge in [-0.15, -0.1) is 13.2 Å². The number of hydrogen-bond acceptors (Lipinski definition) is 6. The number of hydrogen-bond donors (Lipinski definition) is 1. The van der Waals surface area contributed by atoms with Crippen molar-refractivity contribution >= 4 is 6.09 Å². The van der Waals surface area contributed by atoms with Crippen molar-refractivity contribution in [3.8, 4) is 11.5 Å². The summed E-state index contributed by atoms with van der Waals surface area (Å²) in [4.78, 5) is 12.4. The summed E-state index contributed by atoms with van der Waals surface area (Å²) in [6, 6.07) is 9.19. The predicted octanol–water partition coefficient (Wildman–Crippen LogP) is 7.21. The predicted molar refractivity (Wildman–Crippen MR) is 140 cm³/mol. The molecule has 1 atom stereocenters. The van der Waals surface area contributed by atoms with Gasteiger partial charge in [-0.1, -0.05) is 18.2 Å². The third-order valence-electron chi connectivity index (χ3n) is 6.76. The SMILES string of the molecule is COCOC[C@]1(CCc2ccc(OCCCc3cccc(OC(F)(F)F)c3)c(C(F)(F)F)c2)CCC(C)(C)OC(=O)N1. The van der Waals surface area contributed by atoms with Gasteiger partial charge in [-0.3, -0.25) is 0 Å². The van der Waals surface area contributed by atoms with E-state index in [1.54, 1.807) is 19.9 Å². The molecule has 13 heteroatoms. The zero-order valence-electron chi connectivity index (χ0n) is 23.6. The third kappa shape index (κ3) is 10.6. The van der Waals surface area contributed by atoms with Crippen LogP contribution in [0, 0.1) is 0 Å². The van der Waals surface area contributed by atoms with Gasteiger partial charge in [0, 0.05) is 7.11 Å². The Morgan fingerprint density at radius 2 is 1.71 bits per heavy atom. The van der Waals surface area contributed by atoms with Crippen molar-refractivity contribution in [2.24, 2.45) is 0 Å². The Balaban J connectivity index is 1.66. The van der Waals surface area contributed by atoms with Crippen LogP contribution in [-0.2, 0) is 33.2 Å². The first-order chi connectivity index (χ1) is 19.6. The summed E-state index contributed by atoms with van der Waals surface area (Å²) in [7, 11) is 1.46. The second-order valence-corrected chi connectivity index (χ2v) is 10.8. The Hall–Kier alpha value is -3.19. The van der Waals surface area contributed by atoms with E-state index in [-0.39, 0.29) is 57.2 Å². The molecule has 42 heavy (non-hydrogen) atoms. The maximum absolute atomic E-state index is 14.0. The largest absolute Gasteiger partial charge is 0.573 e. The van der Waals surface area contributed by atoms with E-state index in [0.717, 1.165) is 12.1 Å². The van der Waals surface area contributed by atoms with Gasteiger partial charge in [0.1, 0.15) is 23.9 Å². The highest BCUT2D eigenvalue weighted by atomic mass is 19.4. The van der Waals surface area contributed by atoms with Crippen molar-refractivity contribution in [2.45, 2.75) is 76.1 Å². The summed E-state index contributed by atoms with van der Waals surface area (Å²) >= 11 is 0. The molecule has 1 heterocycles. The minimum Gasteiger partial charge on any atom is -0.493 e. The number of carbonyl (C=O) groups excluding carboxylic acids is 1. The van der Waals surface area contributed by atoms with Gasteiger partial charge in [0.2, 0.25) is 0 Å². The first-order valence-electron chi connectivity index (χ1n) is 13.4. The number of halogens is 6. The van der Waals surface area contributed by atoms with Gasteiger partial charge in [-0.25, -0.2) is 4.79 Å². The Morgan fingerprint density at radius 3 is 2.40 bits per heavy atom. The van der Waals surface area contributed by atoms with E-state index in [1.165, 1.54) is 31.4 Å². The highest BCUT2D eigenvalue weighted by Gasteiger charge is 2.40. The van der Waals surface area contributed by atoms with E-state index in [0.29, 0.717) is 24.0 Å². The Bertz CT molecular complexity index is 1190. The molecular weight excluding hydrogens is 572 g/mol. The number of amides is 1. The van der Waals surface area contributed by atoms with E-state index in [1.807, 2.05) is 0 Å². The van der Waals surface area contributed by atoms with Gasteiger partial charge < -0.3 is 29.0 Å². The summed E-state index contributed by atoms with van der Waals surface area (Å²) in [5.41, 5.74) is -1.62. The molecule has 0 aliphatic carbocycles. The van der Waals surface area contributed by atoms with Crippen molar-refractivity contribution in [3.63, 3.8) is 0 Å². The number of rotatable bonds is 13. The lowest BCUT2D eigenvalue weighted by atomic mass is 9.84. The standard InChI is InChI=1S/C29H35F6NO6/c1-26(2)13-14-27(18-39-19-38-3,36-25(37)42-26)12-11-21-9-10-24(23(17-21)28(30,31)32)40-15-5-7-20-6-4-8-22(16-20)41-29(33,34)35/h4,6,8-10,16-17H,5,7,11-15,18-19H2,1-3H3,(H,36,37)/t27-/m0/s1. The summed E-state index contributed by atoms with van der Waals surface area (Å²) in [6.07, 6.45) is -8.12. The first-order valence-corrected chi connectivity index (χ1v) is 13.4. The van der Waals surface area contributed by atoms with E-state index in [4.69, 9.17) is 18.9 Å². The number of alkyl halides is 6. The summed E-state index contributed by atoms with van der Waals surface area (Å²) in [5.74, 6) is -0.723. The second kappa shape index (κ2) is 13.9. The highest BCUT2D eigenvalue weighted by molar-refractivity contribution is 5.69. The highest BCUT2D eigenvalue weighted by Crippen LogP contribution is 2.38. The Labute approximate surface area is 240 Å². The third-order valence-corrected chi connectivity index (χ3v) is 6.76. The molecule has 1 aliphatic rings. The monoisotopic (exact) mass is 607 g/mol. The van der Waals surface area contributed by atoms with Crippen LogP contribution in [0.25, 0.3) is 0 Å². The van der Waals surface area contributed by atoms with Crippen LogP contribution in [0.1, 0.15) is 56.2 Å². The van der Waals surface area contributed by atoms with Crippen LogP contribution in [0.3, 0.4) is 0 Å². The molecule has 1 N–H and O–H groups in total. The Morgan fingerprint density at radius 1 is 0.976 bits per heavy atom. The van der Waals surface area contributed by atoms with Crippen molar-refractivity contribution in [3.05, 3.63) is 59.2 Å². The summed E-state index contributed by atoms with van der Waals surface area (Å²) < 4.78 is 104. The fraction of sp³-hybridized carbons (Fsp3) is 0.552. The van der Waals surface area contributed by atoms with Crippen LogP contribution >= 0.6 is 0 Å². The van der Waals surface area contributed by atoms with Crippen LogP contribution < -0.4 is 14.8 Å². The number of aryl methyl sites for hydroxylation is 2. The molecule has 0 spiro atoms. The Kier molecular flexibility index (Phi) is 11.0. The van der Waals surface area contributed by atoms with Gasteiger partial charge in [-0.2, -0.15) is 13.2 Å². The smallest absolute Gasteiger partial charge is 0.493 e. The molecule has 234 valence electrons. The van der Waals surface area contributed by atoms with Crippen molar-refractivity contribution in [1.29, 1.82) is 0 Å². The number of cyclic esters (lactones) is 1. The summed E-state index contributed by atoms with van der Waals surface area (Å²) in [5, 5.41) is 2.84. The van der Waals surface area contributed by atoms with Gasteiger partial charge >= 0.3 is 18.6 Å². The van der Waals surface area contributed by atoms with Crippen LogP contribution in [0.2, 0.25) is 0 Å². The zero-order chi connectivity index (χ0) is 31.0. The zero-order valence-corrected chi connectivity index (χ0v) is 23.6. The molecule has 1 amide bonds. The lowest BCUT2D eigenvalue weighted by molar-refractivity contribution is -0.274. The maximum atomic E-state index is 14.0. The minimum atomic E-state index is -4.82. The first kappa shape index (κ1) is 33.3. The van der Waals surface area contributed by atoms with Crippen LogP contribution in [0.4, 0.5) is 31.1 Å². The van der Waals surface area contributed by atoms with Gasteiger partial charge in [0.15, 0.2) is 0 Å². The lowest BCUT2D eigenvalue weighted by Gasteiger charge is -2.32. The number of ether oxygens (including phenoxy) is 5. The van der Waals surface area contributed by atoms with E-state index in [2.05, 4.69) is 10.1 Å². The van der Waals surface area contributed by atoms with E-state index < -0.39 is 35.3 Å². The van der Waals surface area contributed by atoms with Crippen LogP contribution in [-0.4, -0.2) is 50.7 Å². The second-order valence-electron chi connectivity index (χ2n) is 10.8. The van der Waals surface area contributed by atoms with Crippen molar-refractivity contribution < 1.29 is 54.8 Å². The maximum Gasteiger partial charge on any atom is 0.573 e. The number of alkyl carbamates (subject to hydrolysis) is 1. The van der Waals surface area contributed by atoms with E-state index >= 15 is 0 Å². The molecule has 0 radical (unpaired) electrons. The van der Waals surface area contributed by atoms with Crippen LogP contribution in [0.5, 0.6) is 11.5 Å². The fourth-order valence-electron chi connectivity index (χ4n) is 4.66. The van der Waals surface area contributed by atoms with Crippen molar-refractivity contribution in [2.75, 3.05) is 27.1 Å². The van der Waals surface area contributed by atoms with Gasteiger partial charge in [0.25, 0.3) is 0 Å². The molecule has 0 aromatic heterocycles. The topological polar surface area (TPSA) is 75.2 Å². The number of nitrogens with one attached hydrogen (secondary N) is 1. The van der Waals surface area contributed by atoms with Crippen LogP contribution in [0.15, 0.2) is 42.5 Å². The molecule has 2 aromatic carbocycles. The summed E-state index contributed by atoms with van der Waals surface area (Å²) in [6.45, 7) is 3.55. The fourth-order valence-corrected chi connectivity index (χ4v) is 4.66. The normalized spacial score (nSPS) is 19.0. The average molecular weight is 608 g/mol. The quantitative estimate of drug-likeness (QED) is 0.147. The molecule has 1 saturated heterocycles. The van der Waals surface area contributed by atoms with Gasteiger partial charge in [0.05, 0.1) is 24.3 Å². The molecule has 0 unspecified atom stereocenters. The number of carbonyl (C=O) groups is 1. The molecule has 1 aliphatic heterocycles. The van der Waals surface area contributed by atoms with Crippen molar-refractivity contribution in [1.82, 2.24) is 5.32 Å². The molecule has 2 aromatic rings. The number of benzene rings is 2. The molecule has 3 rings (SSSR count).